The monoisotopic (exact) mass is 366 g/mol. The molecule has 8 heteroatoms. The predicted molar refractivity (Wildman–Crippen MR) is 99.7 cm³/mol. The van der Waals surface area contributed by atoms with Crippen molar-refractivity contribution in [3.05, 3.63) is 44.6 Å². The standard InChI is InChI=1S/C17H22N4O3.ClH/c1-3-21-16(23)12-5-4-11(8-14(12)20-17(21)24)15(22)19-13-6-7-18-9-10(13)2;/h4-5,8,10,13,18H,3,6-7,9H2,1-2H3,(H,19,22)(H,20,24);1H. The van der Waals surface area contributed by atoms with Gasteiger partial charge < -0.3 is 15.6 Å². The number of H-pyrrole nitrogens is 1. The van der Waals surface area contributed by atoms with Crippen molar-refractivity contribution in [2.45, 2.75) is 32.9 Å². The molecule has 2 unspecified atom stereocenters. The lowest BCUT2D eigenvalue weighted by Crippen LogP contribution is -2.48. The van der Waals surface area contributed by atoms with Crippen LogP contribution in [0.25, 0.3) is 10.9 Å². The molecule has 1 aromatic carbocycles. The average Bonchev–Trinajstić information content (AvgIpc) is 2.56. The molecule has 3 rings (SSSR count). The highest BCUT2D eigenvalue weighted by Crippen LogP contribution is 2.13. The lowest BCUT2D eigenvalue weighted by molar-refractivity contribution is 0.0914. The van der Waals surface area contributed by atoms with Crippen molar-refractivity contribution in [2.75, 3.05) is 13.1 Å². The average molecular weight is 367 g/mol. The van der Waals surface area contributed by atoms with E-state index < -0.39 is 5.69 Å². The van der Waals surface area contributed by atoms with Gasteiger partial charge >= 0.3 is 5.69 Å². The lowest BCUT2D eigenvalue weighted by Gasteiger charge is -2.30. The second-order valence-corrected chi connectivity index (χ2v) is 6.29. The highest BCUT2D eigenvalue weighted by atomic mass is 35.5. The second-order valence-electron chi connectivity index (χ2n) is 6.29. The van der Waals surface area contributed by atoms with E-state index in [0.29, 0.717) is 28.9 Å². The molecule has 0 spiro atoms. The van der Waals surface area contributed by atoms with E-state index in [2.05, 4.69) is 22.5 Å². The molecule has 2 aromatic rings. The van der Waals surface area contributed by atoms with E-state index in [1.807, 2.05) is 0 Å². The van der Waals surface area contributed by atoms with Gasteiger partial charge in [-0.2, -0.15) is 0 Å². The molecule has 1 aromatic heterocycles. The summed E-state index contributed by atoms with van der Waals surface area (Å²) in [7, 11) is 0. The van der Waals surface area contributed by atoms with Crippen LogP contribution in [0.5, 0.6) is 0 Å². The van der Waals surface area contributed by atoms with Crippen LogP contribution in [0.15, 0.2) is 27.8 Å². The van der Waals surface area contributed by atoms with E-state index in [1.54, 1.807) is 25.1 Å². The van der Waals surface area contributed by atoms with Crippen LogP contribution in [-0.4, -0.2) is 34.6 Å². The Hall–Kier alpha value is -2.12. The van der Waals surface area contributed by atoms with Crippen molar-refractivity contribution in [1.82, 2.24) is 20.2 Å². The van der Waals surface area contributed by atoms with Crippen molar-refractivity contribution in [3.8, 4) is 0 Å². The minimum Gasteiger partial charge on any atom is -0.349 e. The third-order valence-corrected chi connectivity index (χ3v) is 4.66. The van der Waals surface area contributed by atoms with Gasteiger partial charge in [0.15, 0.2) is 0 Å². The number of halogens is 1. The van der Waals surface area contributed by atoms with E-state index in [0.717, 1.165) is 24.1 Å². The lowest BCUT2D eigenvalue weighted by atomic mass is 9.95. The van der Waals surface area contributed by atoms with Crippen LogP contribution >= 0.6 is 12.4 Å². The highest BCUT2D eigenvalue weighted by molar-refractivity contribution is 5.97. The number of fused-ring (bicyclic) bond motifs is 1. The minimum atomic E-state index is -0.459. The Kier molecular flexibility index (Phi) is 6.02. The summed E-state index contributed by atoms with van der Waals surface area (Å²) in [5.74, 6) is 0.177. The molecule has 1 aliphatic rings. The number of rotatable bonds is 3. The zero-order valence-electron chi connectivity index (χ0n) is 14.3. The fraction of sp³-hybridized carbons (Fsp3) is 0.471. The van der Waals surface area contributed by atoms with Crippen molar-refractivity contribution in [1.29, 1.82) is 0 Å². The summed E-state index contributed by atoms with van der Waals surface area (Å²) in [6.45, 7) is 5.91. The molecular weight excluding hydrogens is 344 g/mol. The first-order valence-electron chi connectivity index (χ1n) is 8.29. The second kappa shape index (κ2) is 7.84. The number of benzene rings is 1. The van der Waals surface area contributed by atoms with Gasteiger partial charge in [-0.25, -0.2) is 4.79 Å². The summed E-state index contributed by atoms with van der Waals surface area (Å²) in [4.78, 5) is 39.3. The molecule has 0 saturated carbocycles. The van der Waals surface area contributed by atoms with Crippen molar-refractivity contribution in [3.63, 3.8) is 0 Å². The van der Waals surface area contributed by atoms with Crippen LogP contribution in [0.2, 0.25) is 0 Å². The summed E-state index contributed by atoms with van der Waals surface area (Å²) in [6.07, 6.45) is 0.887. The Morgan fingerprint density at radius 3 is 2.80 bits per heavy atom. The quantitative estimate of drug-likeness (QED) is 0.750. The number of carbonyl (C=O) groups is 1. The van der Waals surface area contributed by atoms with E-state index in [4.69, 9.17) is 0 Å². The number of hydrogen-bond donors (Lipinski definition) is 3. The van der Waals surface area contributed by atoms with E-state index in [1.165, 1.54) is 0 Å². The molecule has 2 atom stereocenters. The molecule has 0 bridgehead atoms. The number of nitrogens with one attached hydrogen (secondary N) is 3. The third-order valence-electron chi connectivity index (χ3n) is 4.66. The number of aromatic amines is 1. The Morgan fingerprint density at radius 2 is 2.12 bits per heavy atom. The van der Waals surface area contributed by atoms with Gasteiger partial charge in [0.2, 0.25) is 0 Å². The first-order chi connectivity index (χ1) is 11.5. The Balaban J connectivity index is 0.00000225. The van der Waals surface area contributed by atoms with Gasteiger partial charge in [-0.3, -0.25) is 14.2 Å². The number of aromatic nitrogens is 2. The van der Waals surface area contributed by atoms with Crippen molar-refractivity contribution < 1.29 is 4.79 Å². The third kappa shape index (κ3) is 3.77. The molecule has 2 heterocycles. The first-order valence-corrected chi connectivity index (χ1v) is 8.29. The van der Waals surface area contributed by atoms with Gasteiger partial charge in [-0.15, -0.1) is 12.4 Å². The van der Waals surface area contributed by atoms with Gasteiger partial charge in [0.05, 0.1) is 10.9 Å². The van der Waals surface area contributed by atoms with Gasteiger partial charge in [0.25, 0.3) is 11.5 Å². The molecule has 0 aliphatic carbocycles. The van der Waals surface area contributed by atoms with E-state index >= 15 is 0 Å². The Labute approximate surface area is 151 Å². The predicted octanol–water partition coefficient (Wildman–Crippen LogP) is 0.859. The van der Waals surface area contributed by atoms with Gasteiger partial charge in [0, 0.05) is 18.2 Å². The number of nitrogens with zero attached hydrogens (tertiary/aromatic N) is 1. The maximum absolute atomic E-state index is 12.5. The van der Waals surface area contributed by atoms with Gasteiger partial charge in [0.1, 0.15) is 0 Å². The normalized spacial score (nSPS) is 20.1. The molecule has 136 valence electrons. The maximum atomic E-state index is 12.5. The summed E-state index contributed by atoms with van der Waals surface area (Å²) < 4.78 is 1.14. The fourth-order valence-corrected chi connectivity index (χ4v) is 3.16. The fourth-order valence-electron chi connectivity index (χ4n) is 3.16. The number of hydrogen-bond acceptors (Lipinski definition) is 4. The maximum Gasteiger partial charge on any atom is 0.328 e. The van der Waals surface area contributed by atoms with Crippen LogP contribution in [0.4, 0.5) is 0 Å². The summed E-state index contributed by atoms with van der Waals surface area (Å²) in [6, 6.07) is 4.92. The largest absolute Gasteiger partial charge is 0.349 e. The molecular formula is C17H23ClN4O3. The number of piperidine rings is 1. The Bertz CT molecular complexity index is 890. The van der Waals surface area contributed by atoms with Gasteiger partial charge in [-0.1, -0.05) is 6.92 Å². The molecule has 1 fully saturated rings. The molecule has 0 radical (unpaired) electrons. The smallest absolute Gasteiger partial charge is 0.328 e. The molecule has 3 N–H and O–H groups in total. The Morgan fingerprint density at radius 1 is 1.36 bits per heavy atom. The summed E-state index contributed by atoms with van der Waals surface area (Å²) >= 11 is 0. The van der Waals surface area contributed by atoms with E-state index in [-0.39, 0.29) is 29.9 Å². The summed E-state index contributed by atoms with van der Waals surface area (Å²) in [5, 5.41) is 6.75. The van der Waals surface area contributed by atoms with Crippen LogP contribution in [-0.2, 0) is 6.54 Å². The van der Waals surface area contributed by atoms with Gasteiger partial charge in [-0.05, 0) is 50.6 Å². The molecule has 1 amide bonds. The zero-order chi connectivity index (χ0) is 17.3. The first kappa shape index (κ1) is 19.2. The molecule has 7 nitrogen and oxygen atoms in total. The van der Waals surface area contributed by atoms with Crippen LogP contribution in [0.1, 0.15) is 30.6 Å². The molecule has 1 saturated heterocycles. The minimum absolute atomic E-state index is 0. The van der Waals surface area contributed by atoms with Crippen molar-refractivity contribution in [2.24, 2.45) is 5.92 Å². The van der Waals surface area contributed by atoms with Crippen LogP contribution < -0.4 is 21.9 Å². The summed E-state index contributed by atoms with van der Waals surface area (Å²) in [5.41, 5.74) is 0.0351. The number of amides is 1. The van der Waals surface area contributed by atoms with Crippen molar-refractivity contribution >= 4 is 29.2 Å². The van der Waals surface area contributed by atoms with Crippen LogP contribution in [0.3, 0.4) is 0 Å². The van der Waals surface area contributed by atoms with E-state index in [9.17, 15) is 14.4 Å². The SMILES string of the molecule is CCn1c(=O)[nH]c2cc(C(=O)NC3CCNCC3C)ccc2c1=O.Cl. The zero-order valence-corrected chi connectivity index (χ0v) is 15.1. The molecule has 1 aliphatic heterocycles. The topological polar surface area (TPSA) is 96.0 Å². The molecule has 25 heavy (non-hydrogen) atoms. The number of carbonyl (C=O) groups excluding carboxylic acids is 1. The van der Waals surface area contributed by atoms with Crippen LogP contribution in [0, 0.1) is 5.92 Å². The highest BCUT2D eigenvalue weighted by Gasteiger charge is 2.23.